The molecule has 4 nitrogen and oxygen atoms in total. The fourth-order valence-corrected chi connectivity index (χ4v) is 3.90. The van der Waals surface area contributed by atoms with Crippen LogP contribution in [0.5, 0.6) is 0 Å². The lowest BCUT2D eigenvalue weighted by atomic mass is 9.96. The highest BCUT2D eigenvalue weighted by Gasteiger charge is 2.36. The zero-order chi connectivity index (χ0) is 13.4. The molecule has 5 heteroatoms. The molecule has 104 valence electrons. The normalized spacial score (nSPS) is 33.7. The summed E-state index contributed by atoms with van der Waals surface area (Å²) in [5, 5.41) is 4.37. The third-order valence-corrected chi connectivity index (χ3v) is 5.15. The maximum absolute atomic E-state index is 11.1. The van der Waals surface area contributed by atoms with Crippen molar-refractivity contribution in [2.24, 2.45) is 23.5 Å². The van der Waals surface area contributed by atoms with Crippen molar-refractivity contribution >= 4 is 23.2 Å². The maximum atomic E-state index is 11.1. The maximum Gasteiger partial charge on any atom is 0.220 e. The fourth-order valence-electron chi connectivity index (χ4n) is 3.56. The molecule has 0 aromatic heterocycles. The van der Waals surface area contributed by atoms with E-state index in [9.17, 15) is 4.79 Å². The molecule has 0 spiro atoms. The second-order valence-electron chi connectivity index (χ2n) is 6.00. The second-order valence-corrected chi connectivity index (χ2v) is 6.39. The highest BCUT2D eigenvalue weighted by Crippen LogP contribution is 2.39. The quantitative estimate of drug-likeness (QED) is 0.585. The van der Waals surface area contributed by atoms with Crippen molar-refractivity contribution in [1.82, 2.24) is 10.2 Å². The number of nitrogens with zero attached hydrogens (tertiary/aromatic N) is 1. The molecule has 1 saturated heterocycles. The SMILES string of the molecule is NC(=O)C1CCN(C(=S)N[C@@H]2C[C@@H]3C=C[C@@H]2C3)CC1. The number of carbonyl (C=O) groups is 1. The number of hydrogen-bond acceptors (Lipinski definition) is 2. The van der Waals surface area contributed by atoms with E-state index < -0.39 is 0 Å². The number of nitrogens with two attached hydrogens (primary N) is 1. The van der Waals surface area contributed by atoms with Gasteiger partial charge < -0.3 is 16.0 Å². The number of piperidine rings is 1. The zero-order valence-corrected chi connectivity index (χ0v) is 11.9. The first-order chi connectivity index (χ1) is 9.13. The van der Waals surface area contributed by atoms with Gasteiger partial charge in [-0.15, -0.1) is 0 Å². The first kappa shape index (κ1) is 12.9. The minimum absolute atomic E-state index is 0.0319. The van der Waals surface area contributed by atoms with Crippen LogP contribution in [0.25, 0.3) is 0 Å². The number of primary amides is 1. The van der Waals surface area contributed by atoms with E-state index in [2.05, 4.69) is 22.4 Å². The Morgan fingerprint density at radius 1 is 1.26 bits per heavy atom. The molecule has 0 aromatic carbocycles. The largest absolute Gasteiger partial charge is 0.369 e. The minimum atomic E-state index is -0.170. The van der Waals surface area contributed by atoms with Crippen LogP contribution in [0.15, 0.2) is 12.2 Å². The molecular formula is C14H21N3OS. The van der Waals surface area contributed by atoms with Crippen LogP contribution in [0.4, 0.5) is 0 Å². The standard InChI is InChI=1S/C14H21N3OS/c15-13(18)10-3-5-17(6-4-10)14(19)16-12-8-9-1-2-11(12)7-9/h1-2,9-12H,3-8H2,(H2,15,18)(H,16,19)/t9-,11-,12-/m1/s1. The van der Waals surface area contributed by atoms with Crippen LogP contribution in [0, 0.1) is 17.8 Å². The molecule has 2 bridgehead atoms. The molecule has 2 aliphatic carbocycles. The van der Waals surface area contributed by atoms with E-state index in [1.807, 2.05) is 0 Å². The molecule has 0 radical (unpaired) electrons. The molecule has 0 aromatic rings. The van der Waals surface area contributed by atoms with E-state index >= 15 is 0 Å². The zero-order valence-electron chi connectivity index (χ0n) is 11.0. The van der Waals surface area contributed by atoms with Gasteiger partial charge in [0.05, 0.1) is 0 Å². The van der Waals surface area contributed by atoms with Gasteiger partial charge in [-0.2, -0.15) is 0 Å². The minimum Gasteiger partial charge on any atom is -0.369 e. The van der Waals surface area contributed by atoms with Crippen molar-refractivity contribution < 1.29 is 4.79 Å². The number of carbonyl (C=O) groups excluding carboxylic acids is 1. The highest BCUT2D eigenvalue weighted by molar-refractivity contribution is 7.80. The van der Waals surface area contributed by atoms with Crippen LogP contribution in [0.1, 0.15) is 25.7 Å². The molecule has 19 heavy (non-hydrogen) atoms. The summed E-state index contributed by atoms with van der Waals surface area (Å²) in [7, 11) is 0. The number of hydrogen-bond donors (Lipinski definition) is 2. The van der Waals surface area contributed by atoms with E-state index in [1.165, 1.54) is 12.8 Å². The van der Waals surface area contributed by atoms with Crippen LogP contribution in [0.3, 0.4) is 0 Å². The van der Waals surface area contributed by atoms with Gasteiger partial charge in [0.1, 0.15) is 0 Å². The van der Waals surface area contributed by atoms with Gasteiger partial charge in [0.2, 0.25) is 5.91 Å². The molecule has 1 saturated carbocycles. The Kier molecular flexibility index (Phi) is 3.48. The summed E-state index contributed by atoms with van der Waals surface area (Å²) in [6.45, 7) is 1.69. The average Bonchev–Trinajstić information content (AvgIpc) is 3.01. The third kappa shape index (κ3) is 2.61. The Hall–Kier alpha value is -1.10. The summed E-state index contributed by atoms with van der Waals surface area (Å²) in [5.74, 6) is 1.28. The highest BCUT2D eigenvalue weighted by atomic mass is 32.1. The van der Waals surface area contributed by atoms with Gasteiger partial charge in [0, 0.05) is 25.0 Å². The van der Waals surface area contributed by atoms with E-state index in [1.54, 1.807) is 0 Å². The van der Waals surface area contributed by atoms with Gasteiger partial charge >= 0.3 is 0 Å². The summed E-state index contributed by atoms with van der Waals surface area (Å²) < 4.78 is 0. The van der Waals surface area contributed by atoms with Crippen molar-refractivity contribution in [3.63, 3.8) is 0 Å². The number of amides is 1. The Morgan fingerprint density at radius 3 is 2.53 bits per heavy atom. The summed E-state index contributed by atoms with van der Waals surface area (Å²) >= 11 is 5.51. The van der Waals surface area contributed by atoms with Gasteiger partial charge in [-0.05, 0) is 49.7 Å². The molecule has 3 aliphatic rings. The van der Waals surface area contributed by atoms with Gasteiger partial charge in [-0.25, -0.2) is 0 Å². The predicted molar refractivity (Wildman–Crippen MR) is 78.4 cm³/mol. The summed E-state index contributed by atoms with van der Waals surface area (Å²) in [4.78, 5) is 13.3. The molecule has 1 heterocycles. The summed E-state index contributed by atoms with van der Waals surface area (Å²) in [5.41, 5.74) is 5.35. The molecule has 3 rings (SSSR count). The fraction of sp³-hybridized carbons (Fsp3) is 0.714. The summed E-state index contributed by atoms with van der Waals surface area (Å²) in [6, 6.07) is 0.511. The first-order valence-electron chi connectivity index (χ1n) is 7.16. The lowest BCUT2D eigenvalue weighted by Gasteiger charge is -2.34. The Bertz CT molecular complexity index is 415. The number of nitrogens with one attached hydrogen (secondary N) is 1. The average molecular weight is 279 g/mol. The Labute approximate surface area is 119 Å². The molecule has 3 N–H and O–H groups in total. The first-order valence-corrected chi connectivity index (χ1v) is 7.57. The topological polar surface area (TPSA) is 58.4 Å². The van der Waals surface area contributed by atoms with E-state index in [-0.39, 0.29) is 11.8 Å². The smallest absolute Gasteiger partial charge is 0.220 e. The van der Waals surface area contributed by atoms with Crippen molar-refractivity contribution in [3.05, 3.63) is 12.2 Å². The van der Waals surface area contributed by atoms with Crippen LogP contribution in [0.2, 0.25) is 0 Å². The van der Waals surface area contributed by atoms with E-state index in [0.717, 1.165) is 37.0 Å². The van der Waals surface area contributed by atoms with Gasteiger partial charge in [-0.1, -0.05) is 12.2 Å². The molecule has 3 atom stereocenters. The number of allylic oxidation sites excluding steroid dienone is 1. The van der Waals surface area contributed by atoms with Gasteiger partial charge in [-0.3, -0.25) is 4.79 Å². The molecule has 1 aliphatic heterocycles. The lowest BCUT2D eigenvalue weighted by Crippen LogP contribution is -2.49. The number of rotatable bonds is 2. The summed E-state index contributed by atoms with van der Waals surface area (Å²) in [6.07, 6.45) is 8.81. The van der Waals surface area contributed by atoms with Crippen molar-refractivity contribution in [2.45, 2.75) is 31.7 Å². The molecular weight excluding hydrogens is 258 g/mol. The predicted octanol–water partition coefficient (Wildman–Crippen LogP) is 1.02. The van der Waals surface area contributed by atoms with Crippen LogP contribution >= 0.6 is 12.2 Å². The van der Waals surface area contributed by atoms with Crippen LogP contribution in [-0.4, -0.2) is 35.1 Å². The van der Waals surface area contributed by atoms with Crippen molar-refractivity contribution in [3.8, 4) is 0 Å². The third-order valence-electron chi connectivity index (χ3n) is 4.77. The van der Waals surface area contributed by atoms with Gasteiger partial charge in [0.15, 0.2) is 5.11 Å². The molecule has 2 fully saturated rings. The van der Waals surface area contributed by atoms with Gasteiger partial charge in [0.25, 0.3) is 0 Å². The molecule has 0 unspecified atom stereocenters. The van der Waals surface area contributed by atoms with E-state index in [0.29, 0.717) is 12.0 Å². The Morgan fingerprint density at radius 2 is 2.00 bits per heavy atom. The Balaban J connectivity index is 1.49. The lowest BCUT2D eigenvalue weighted by molar-refractivity contribution is -0.122. The van der Waals surface area contributed by atoms with Crippen LogP contribution < -0.4 is 11.1 Å². The van der Waals surface area contributed by atoms with Crippen LogP contribution in [-0.2, 0) is 4.79 Å². The number of likely N-dealkylation sites (tertiary alicyclic amines) is 1. The molecule has 1 amide bonds. The second kappa shape index (κ2) is 5.12. The monoisotopic (exact) mass is 279 g/mol. The number of thiocarbonyl (C=S) groups is 1. The number of fused-ring (bicyclic) bond motifs is 2. The van der Waals surface area contributed by atoms with Crippen molar-refractivity contribution in [1.29, 1.82) is 0 Å². The van der Waals surface area contributed by atoms with E-state index in [4.69, 9.17) is 18.0 Å². The van der Waals surface area contributed by atoms with Crippen molar-refractivity contribution in [2.75, 3.05) is 13.1 Å².